The molecule has 27 heavy (non-hydrogen) atoms. The summed E-state index contributed by atoms with van der Waals surface area (Å²) in [7, 11) is 3.13. The third kappa shape index (κ3) is 3.31. The molecule has 0 bridgehead atoms. The number of benzene rings is 1. The fourth-order valence-corrected chi connectivity index (χ4v) is 5.34. The molecule has 1 aliphatic carbocycles. The van der Waals surface area contributed by atoms with E-state index in [4.69, 9.17) is 9.47 Å². The van der Waals surface area contributed by atoms with Crippen molar-refractivity contribution in [1.29, 1.82) is 0 Å². The quantitative estimate of drug-likeness (QED) is 0.814. The van der Waals surface area contributed by atoms with Gasteiger partial charge in [0.1, 0.15) is 11.5 Å². The van der Waals surface area contributed by atoms with Crippen LogP contribution in [-0.2, 0) is 9.59 Å². The Labute approximate surface area is 160 Å². The lowest BCUT2D eigenvalue weighted by Gasteiger charge is -2.43. The minimum atomic E-state index is -0.249. The Morgan fingerprint density at radius 3 is 2.33 bits per heavy atom. The molecule has 146 valence electrons. The summed E-state index contributed by atoms with van der Waals surface area (Å²) >= 11 is 0. The van der Waals surface area contributed by atoms with Gasteiger partial charge in [0.15, 0.2) is 6.04 Å². The Bertz CT molecular complexity index is 711. The number of methoxy groups -OCH3 is 2. The van der Waals surface area contributed by atoms with Crippen LogP contribution in [0.5, 0.6) is 11.5 Å². The van der Waals surface area contributed by atoms with Crippen molar-refractivity contribution in [2.75, 3.05) is 25.7 Å². The number of amides is 2. The molecule has 0 spiro atoms. The first-order valence-corrected chi connectivity index (χ1v) is 10.1. The van der Waals surface area contributed by atoms with Gasteiger partial charge < -0.3 is 14.4 Å². The van der Waals surface area contributed by atoms with Crippen LogP contribution in [0.2, 0.25) is 0 Å². The predicted octanol–water partition coefficient (Wildman–Crippen LogP) is 1.57. The number of hydrogen-bond donors (Lipinski definition) is 1. The van der Waals surface area contributed by atoms with E-state index in [1.165, 1.54) is 41.9 Å². The molecule has 4 atom stereocenters. The minimum absolute atomic E-state index is 0.0727. The van der Waals surface area contributed by atoms with Gasteiger partial charge in [-0.3, -0.25) is 9.59 Å². The first-order chi connectivity index (χ1) is 13.1. The van der Waals surface area contributed by atoms with Gasteiger partial charge in [0, 0.05) is 24.1 Å². The Morgan fingerprint density at radius 2 is 1.63 bits per heavy atom. The topological polar surface area (TPSA) is 60.3 Å². The van der Waals surface area contributed by atoms with Crippen molar-refractivity contribution in [2.45, 2.75) is 57.0 Å². The molecule has 3 aliphatic rings. The number of carbonyl (C=O) groups is 2. The van der Waals surface area contributed by atoms with Crippen molar-refractivity contribution in [3.8, 4) is 11.5 Å². The third-order valence-corrected chi connectivity index (χ3v) is 6.61. The second-order valence-corrected chi connectivity index (χ2v) is 8.01. The molecule has 1 aromatic rings. The highest BCUT2D eigenvalue weighted by Crippen LogP contribution is 2.33. The van der Waals surface area contributed by atoms with Crippen molar-refractivity contribution in [2.24, 2.45) is 5.92 Å². The maximum absolute atomic E-state index is 13.3. The van der Waals surface area contributed by atoms with Crippen LogP contribution in [0.1, 0.15) is 44.9 Å². The summed E-state index contributed by atoms with van der Waals surface area (Å²) in [5.41, 5.74) is 0.542. The van der Waals surface area contributed by atoms with Gasteiger partial charge in [-0.2, -0.15) is 0 Å². The number of imide groups is 1. The van der Waals surface area contributed by atoms with E-state index in [2.05, 4.69) is 0 Å². The second kappa shape index (κ2) is 7.50. The molecule has 1 N–H and O–H groups in total. The van der Waals surface area contributed by atoms with E-state index in [0.717, 1.165) is 18.9 Å². The zero-order valence-corrected chi connectivity index (χ0v) is 16.2. The van der Waals surface area contributed by atoms with Crippen LogP contribution in [0.3, 0.4) is 0 Å². The maximum atomic E-state index is 13.3. The lowest BCUT2D eigenvalue weighted by molar-refractivity contribution is -0.950. The van der Waals surface area contributed by atoms with Gasteiger partial charge in [0.25, 0.3) is 5.91 Å². The van der Waals surface area contributed by atoms with E-state index < -0.39 is 0 Å². The van der Waals surface area contributed by atoms with E-state index >= 15 is 0 Å². The molecule has 6 nitrogen and oxygen atoms in total. The van der Waals surface area contributed by atoms with E-state index in [9.17, 15) is 9.59 Å². The predicted molar refractivity (Wildman–Crippen MR) is 101 cm³/mol. The Hall–Kier alpha value is -2.08. The second-order valence-electron chi connectivity index (χ2n) is 8.01. The highest BCUT2D eigenvalue weighted by molar-refractivity contribution is 6.22. The SMILES string of the molecule is COc1cc(OC)cc(N2C(=O)C[C@@H]([NH+]3CCC[C@H]4CCCC[C@@H]43)C2=O)c1. The number of carbonyl (C=O) groups excluding carboxylic acids is 2. The molecule has 1 aromatic carbocycles. The summed E-state index contributed by atoms with van der Waals surface area (Å²) < 4.78 is 10.6. The van der Waals surface area contributed by atoms with Gasteiger partial charge in [0.2, 0.25) is 5.91 Å². The van der Waals surface area contributed by atoms with Gasteiger partial charge in [-0.1, -0.05) is 6.42 Å². The number of hydrogen-bond acceptors (Lipinski definition) is 4. The van der Waals surface area contributed by atoms with Crippen LogP contribution in [0.25, 0.3) is 0 Å². The van der Waals surface area contributed by atoms with E-state index in [1.807, 2.05) is 0 Å². The maximum Gasteiger partial charge on any atom is 0.292 e. The van der Waals surface area contributed by atoms with Crippen molar-refractivity contribution < 1.29 is 24.0 Å². The summed E-state index contributed by atoms with van der Waals surface area (Å²) in [6, 6.07) is 5.49. The molecule has 0 aromatic heterocycles. The number of anilines is 1. The largest absolute Gasteiger partial charge is 0.497 e. The monoisotopic (exact) mass is 373 g/mol. The summed E-state index contributed by atoms with van der Waals surface area (Å²) in [6.45, 7) is 1.00. The normalized spacial score (nSPS) is 31.0. The number of nitrogens with one attached hydrogen (secondary N) is 1. The van der Waals surface area contributed by atoms with Crippen LogP contribution >= 0.6 is 0 Å². The lowest BCUT2D eigenvalue weighted by atomic mass is 9.77. The molecule has 6 heteroatoms. The van der Waals surface area contributed by atoms with Gasteiger partial charge in [0.05, 0.1) is 38.9 Å². The summed E-state index contributed by atoms with van der Waals surface area (Å²) in [5.74, 6) is 1.68. The molecule has 2 heterocycles. The Kier molecular flexibility index (Phi) is 5.08. The fraction of sp³-hybridized carbons (Fsp3) is 0.619. The molecule has 2 amide bonds. The average molecular weight is 373 g/mol. The third-order valence-electron chi connectivity index (χ3n) is 6.61. The van der Waals surface area contributed by atoms with E-state index in [-0.39, 0.29) is 17.9 Å². The Morgan fingerprint density at radius 1 is 0.963 bits per heavy atom. The van der Waals surface area contributed by atoms with Crippen molar-refractivity contribution in [1.82, 2.24) is 0 Å². The molecule has 0 radical (unpaired) electrons. The molecule has 3 fully saturated rings. The van der Waals surface area contributed by atoms with Gasteiger partial charge in [-0.25, -0.2) is 4.90 Å². The highest BCUT2D eigenvalue weighted by Gasteiger charge is 2.50. The lowest BCUT2D eigenvalue weighted by Crippen LogP contribution is -3.21. The molecular formula is C21H29N2O4+. The standard InChI is InChI=1S/C21H28N2O4/c1-26-16-10-15(11-17(12-16)27-2)23-20(24)13-19(21(23)25)22-9-5-7-14-6-3-4-8-18(14)22/h10-12,14,18-19H,3-9,13H2,1-2H3/p+1/t14-,18+,19-/m1/s1. The number of likely N-dealkylation sites (tertiary alicyclic amines) is 1. The zero-order valence-electron chi connectivity index (χ0n) is 16.2. The number of fused-ring (bicyclic) bond motifs is 1. The number of nitrogens with zero attached hydrogens (tertiary/aromatic N) is 1. The van der Waals surface area contributed by atoms with Crippen molar-refractivity contribution >= 4 is 17.5 Å². The van der Waals surface area contributed by atoms with Crippen LogP contribution in [0.15, 0.2) is 18.2 Å². The van der Waals surface area contributed by atoms with E-state index in [0.29, 0.717) is 29.6 Å². The van der Waals surface area contributed by atoms with E-state index in [1.54, 1.807) is 32.4 Å². The number of ether oxygens (including phenoxy) is 2. The molecule has 2 saturated heterocycles. The fourth-order valence-electron chi connectivity index (χ4n) is 5.34. The van der Waals surface area contributed by atoms with Crippen LogP contribution in [0.4, 0.5) is 5.69 Å². The average Bonchev–Trinajstić information content (AvgIpc) is 3.00. The number of rotatable bonds is 4. The first kappa shape index (κ1) is 18.3. The number of piperidine rings is 1. The van der Waals surface area contributed by atoms with Gasteiger partial charge >= 0.3 is 0 Å². The molecular weight excluding hydrogens is 344 g/mol. The first-order valence-electron chi connectivity index (χ1n) is 10.1. The zero-order chi connectivity index (χ0) is 19.0. The summed E-state index contributed by atoms with van der Waals surface area (Å²) in [4.78, 5) is 28.8. The van der Waals surface area contributed by atoms with Crippen LogP contribution in [-0.4, -0.2) is 44.7 Å². The molecule has 1 saturated carbocycles. The summed E-state index contributed by atoms with van der Waals surface area (Å²) in [6.07, 6.45) is 7.75. The molecule has 1 unspecified atom stereocenters. The molecule has 4 rings (SSSR count). The smallest absolute Gasteiger partial charge is 0.292 e. The van der Waals surface area contributed by atoms with Gasteiger partial charge in [-0.15, -0.1) is 0 Å². The molecule has 2 aliphatic heterocycles. The van der Waals surface area contributed by atoms with Crippen LogP contribution < -0.4 is 19.3 Å². The minimum Gasteiger partial charge on any atom is -0.497 e. The number of quaternary nitrogens is 1. The van der Waals surface area contributed by atoms with Crippen molar-refractivity contribution in [3.05, 3.63) is 18.2 Å². The summed E-state index contributed by atoms with van der Waals surface area (Å²) in [5, 5.41) is 0. The van der Waals surface area contributed by atoms with Crippen molar-refractivity contribution in [3.63, 3.8) is 0 Å². The highest BCUT2D eigenvalue weighted by atomic mass is 16.5. The van der Waals surface area contributed by atoms with Gasteiger partial charge in [-0.05, 0) is 32.1 Å². The van der Waals surface area contributed by atoms with Crippen LogP contribution in [0, 0.1) is 5.92 Å². The Balaban J connectivity index is 1.60.